The average molecular weight is 523 g/mol. The van der Waals surface area contributed by atoms with Crippen LogP contribution in [-0.2, 0) is 17.9 Å². The number of nitrogens with one attached hydrogen (secondary N) is 2. The first-order valence-electron chi connectivity index (χ1n) is 10.0. The molecule has 1 aliphatic rings. The molecule has 8 heteroatoms. The van der Waals surface area contributed by atoms with Crippen LogP contribution in [0.3, 0.4) is 0 Å². The van der Waals surface area contributed by atoms with E-state index in [1.165, 1.54) is 0 Å². The molecule has 0 radical (unpaired) electrons. The van der Waals surface area contributed by atoms with E-state index in [1.54, 1.807) is 13.2 Å². The van der Waals surface area contributed by atoms with Crippen molar-refractivity contribution in [2.24, 2.45) is 4.99 Å². The molecule has 2 N–H and O–H groups in total. The fraction of sp³-hybridized carbons (Fsp3) is 0.409. The SMILES string of the molecule is CCC(=O)N1CCC(NC(=NC)NCc2cccc(OCc3ccccn3)c2)C1.I. The highest BCUT2D eigenvalue weighted by Gasteiger charge is 2.25. The van der Waals surface area contributed by atoms with Crippen molar-refractivity contribution in [3.05, 3.63) is 59.9 Å². The highest BCUT2D eigenvalue weighted by atomic mass is 127. The zero-order chi connectivity index (χ0) is 20.5. The Morgan fingerprint density at radius 2 is 2.17 bits per heavy atom. The number of likely N-dealkylation sites (tertiary alicyclic amines) is 1. The number of aromatic nitrogens is 1. The van der Waals surface area contributed by atoms with Crippen LogP contribution < -0.4 is 15.4 Å². The molecular formula is C22H30IN5O2. The predicted molar refractivity (Wildman–Crippen MR) is 129 cm³/mol. The summed E-state index contributed by atoms with van der Waals surface area (Å²) in [5, 5.41) is 6.75. The smallest absolute Gasteiger partial charge is 0.222 e. The Kier molecular flexibility index (Phi) is 9.85. The summed E-state index contributed by atoms with van der Waals surface area (Å²) in [4.78, 5) is 22.3. The van der Waals surface area contributed by atoms with Crippen LogP contribution in [0.25, 0.3) is 0 Å². The highest BCUT2D eigenvalue weighted by molar-refractivity contribution is 14.0. The lowest BCUT2D eigenvalue weighted by Gasteiger charge is -2.19. The van der Waals surface area contributed by atoms with Crippen LogP contribution >= 0.6 is 24.0 Å². The van der Waals surface area contributed by atoms with Gasteiger partial charge < -0.3 is 20.3 Å². The van der Waals surface area contributed by atoms with Gasteiger partial charge in [0.15, 0.2) is 5.96 Å². The Hall–Kier alpha value is -2.36. The van der Waals surface area contributed by atoms with Crippen molar-refractivity contribution < 1.29 is 9.53 Å². The van der Waals surface area contributed by atoms with Gasteiger partial charge in [-0.2, -0.15) is 0 Å². The molecule has 1 aliphatic heterocycles. The maximum Gasteiger partial charge on any atom is 0.222 e. The van der Waals surface area contributed by atoms with Crippen LogP contribution in [0.2, 0.25) is 0 Å². The lowest BCUT2D eigenvalue weighted by molar-refractivity contribution is -0.129. The van der Waals surface area contributed by atoms with Gasteiger partial charge in [0.05, 0.1) is 5.69 Å². The quantitative estimate of drug-likeness (QED) is 0.332. The second-order valence-corrected chi connectivity index (χ2v) is 7.01. The van der Waals surface area contributed by atoms with Gasteiger partial charge in [-0.25, -0.2) is 0 Å². The van der Waals surface area contributed by atoms with E-state index in [4.69, 9.17) is 4.74 Å². The van der Waals surface area contributed by atoms with E-state index in [0.717, 1.165) is 42.5 Å². The standard InChI is InChI=1S/C22H29N5O2.HI/c1-3-21(28)27-12-10-18(15-27)26-22(23-2)25-14-17-7-6-9-20(13-17)29-16-19-8-4-5-11-24-19;/h4-9,11,13,18H,3,10,12,14-16H2,1-2H3,(H2,23,25,26);1H. The molecule has 1 saturated heterocycles. The first kappa shape index (κ1) is 23.9. The van der Waals surface area contributed by atoms with E-state index < -0.39 is 0 Å². The van der Waals surface area contributed by atoms with Crippen LogP contribution in [-0.4, -0.2) is 47.9 Å². The molecule has 1 aromatic carbocycles. The zero-order valence-electron chi connectivity index (χ0n) is 17.5. The predicted octanol–water partition coefficient (Wildman–Crippen LogP) is 2.95. The number of hydrogen-bond donors (Lipinski definition) is 2. The van der Waals surface area contributed by atoms with E-state index in [1.807, 2.05) is 54.3 Å². The summed E-state index contributed by atoms with van der Waals surface area (Å²) in [5.41, 5.74) is 1.99. The third kappa shape index (κ3) is 7.16. The maximum absolute atomic E-state index is 11.8. The molecule has 1 fully saturated rings. The van der Waals surface area contributed by atoms with Crippen LogP contribution in [0, 0.1) is 0 Å². The van der Waals surface area contributed by atoms with Gasteiger partial charge in [0.25, 0.3) is 0 Å². The van der Waals surface area contributed by atoms with Gasteiger partial charge in [-0.15, -0.1) is 24.0 Å². The number of nitrogens with zero attached hydrogens (tertiary/aromatic N) is 3. The Morgan fingerprint density at radius 1 is 1.30 bits per heavy atom. The normalized spacial score (nSPS) is 16.0. The van der Waals surface area contributed by atoms with Gasteiger partial charge in [0, 0.05) is 45.3 Å². The minimum atomic E-state index is 0. The molecule has 162 valence electrons. The van der Waals surface area contributed by atoms with Gasteiger partial charge in [-0.3, -0.25) is 14.8 Å². The Balaban J connectivity index is 0.00000320. The summed E-state index contributed by atoms with van der Waals surface area (Å²) in [6.45, 7) is 4.50. The van der Waals surface area contributed by atoms with Gasteiger partial charge in [0.2, 0.25) is 5.91 Å². The monoisotopic (exact) mass is 523 g/mol. The van der Waals surface area contributed by atoms with Crippen LogP contribution in [0.1, 0.15) is 31.0 Å². The molecule has 2 aromatic rings. The second kappa shape index (κ2) is 12.4. The maximum atomic E-state index is 11.8. The molecule has 0 aliphatic carbocycles. The van der Waals surface area contributed by atoms with Crippen LogP contribution in [0.5, 0.6) is 5.75 Å². The summed E-state index contributed by atoms with van der Waals surface area (Å²) < 4.78 is 5.84. The summed E-state index contributed by atoms with van der Waals surface area (Å²) in [7, 11) is 1.76. The zero-order valence-corrected chi connectivity index (χ0v) is 19.8. The first-order chi connectivity index (χ1) is 14.2. The summed E-state index contributed by atoms with van der Waals surface area (Å²) >= 11 is 0. The fourth-order valence-electron chi connectivity index (χ4n) is 3.29. The van der Waals surface area contributed by atoms with Crippen molar-refractivity contribution in [2.75, 3.05) is 20.1 Å². The van der Waals surface area contributed by atoms with Crippen molar-refractivity contribution in [1.82, 2.24) is 20.5 Å². The fourth-order valence-corrected chi connectivity index (χ4v) is 3.29. The van der Waals surface area contributed by atoms with Crippen LogP contribution in [0.4, 0.5) is 0 Å². The lowest BCUT2D eigenvalue weighted by atomic mass is 10.2. The van der Waals surface area contributed by atoms with Gasteiger partial charge in [-0.05, 0) is 36.2 Å². The largest absolute Gasteiger partial charge is 0.487 e. The minimum absolute atomic E-state index is 0. The van der Waals surface area contributed by atoms with E-state index in [9.17, 15) is 4.79 Å². The van der Waals surface area contributed by atoms with Crippen molar-refractivity contribution in [3.8, 4) is 5.75 Å². The van der Waals surface area contributed by atoms with Gasteiger partial charge in [-0.1, -0.05) is 25.1 Å². The van der Waals surface area contributed by atoms with Crippen molar-refractivity contribution in [1.29, 1.82) is 0 Å². The summed E-state index contributed by atoms with van der Waals surface area (Å²) in [6.07, 6.45) is 3.25. The first-order valence-corrected chi connectivity index (χ1v) is 10.0. The van der Waals surface area contributed by atoms with Gasteiger partial charge >= 0.3 is 0 Å². The molecule has 1 amide bonds. The molecule has 1 atom stereocenters. The molecule has 3 rings (SSSR count). The number of rotatable bonds is 7. The molecule has 1 unspecified atom stereocenters. The molecule has 2 heterocycles. The third-order valence-corrected chi connectivity index (χ3v) is 4.88. The average Bonchev–Trinajstić information content (AvgIpc) is 3.24. The Labute approximate surface area is 195 Å². The molecule has 0 spiro atoms. The molecule has 30 heavy (non-hydrogen) atoms. The number of aliphatic imine (C=N–C) groups is 1. The lowest BCUT2D eigenvalue weighted by Crippen LogP contribution is -2.44. The van der Waals surface area contributed by atoms with Crippen LogP contribution in [0.15, 0.2) is 53.7 Å². The van der Waals surface area contributed by atoms with Crippen molar-refractivity contribution in [2.45, 2.75) is 39.0 Å². The van der Waals surface area contributed by atoms with E-state index in [2.05, 4.69) is 20.6 Å². The topological polar surface area (TPSA) is 78.9 Å². The Morgan fingerprint density at radius 3 is 2.90 bits per heavy atom. The number of halogens is 1. The third-order valence-electron chi connectivity index (χ3n) is 4.88. The minimum Gasteiger partial charge on any atom is -0.487 e. The number of benzene rings is 1. The molecular weight excluding hydrogens is 493 g/mol. The molecule has 0 saturated carbocycles. The van der Waals surface area contributed by atoms with Crippen molar-refractivity contribution >= 4 is 35.8 Å². The van der Waals surface area contributed by atoms with Crippen molar-refractivity contribution in [3.63, 3.8) is 0 Å². The van der Waals surface area contributed by atoms with E-state index in [0.29, 0.717) is 19.6 Å². The number of carbonyl (C=O) groups is 1. The number of amides is 1. The number of pyridine rings is 1. The molecule has 0 bridgehead atoms. The number of hydrogen-bond acceptors (Lipinski definition) is 4. The Bertz CT molecular complexity index is 831. The van der Waals surface area contributed by atoms with E-state index >= 15 is 0 Å². The second-order valence-electron chi connectivity index (χ2n) is 7.01. The number of carbonyl (C=O) groups excluding carboxylic acids is 1. The van der Waals surface area contributed by atoms with E-state index in [-0.39, 0.29) is 35.9 Å². The number of guanidine groups is 1. The summed E-state index contributed by atoms with van der Waals surface area (Å²) in [5.74, 6) is 1.75. The highest BCUT2D eigenvalue weighted by Crippen LogP contribution is 2.15. The number of ether oxygens (including phenoxy) is 1. The molecule has 7 nitrogen and oxygen atoms in total. The summed E-state index contributed by atoms with van der Waals surface area (Å²) in [6, 6.07) is 14.0. The molecule has 1 aromatic heterocycles. The van der Waals surface area contributed by atoms with Gasteiger partial charge in [0.1, 0.15) is 12.4 Å².